The number of hydrogen-bond donors (Lipinski definition) is 1. The van der Waals surface area contributed by atoms with Crippen LogP contribution in [0.25, 0.3) is 17.1 Å². The summed E-state index contributed by atoms with van der Waals surface area (Å²) in [6.07, 6.45) is 6.50. The number of fused-ring (bicyclic) bond motifs is 1. The van der Waals surface area contributed by atoms with E-state index in [1.54, 1.807) is 13.0 Å². The molecule has 0 spiro atoms. The van der Waals surface area contributed by atoms with Crippen molar-refractivity contribution in [3.63, 3.8) is 0 Å². The van der Waals surface area contributed by atoms with Gasteiger partial charge in [0.15, 0.2) is 5.82 Å². The number of aromatic nitrogens is 3. The Bertz CT molecular complexity index is 1660. The fraction of sp³-hybridized carbons (Fsp3) is 0.417. The van der Waals surface area contributed by atoms with E-state index in [-0.39, 0.29) is 11.4 Å². The van der Waals surface area contributed by atoms with Gasteiger partial charge in [-0.1, -0.05) is 37.3 Å². The standard InChI is InChI=1S/C36H42N4O5/c1-4-28-25(12-13-26-23-39(18-14-29(26)28)27-16-19-43-20-17-27)15-21-45-34-24(3)8-6-9-30(34)32-10-7-11-33(38-32)40-35(44-5-2)31(22-37-40)36(41)42/h6-13,22,27H,4-5,14-21,23H2,1-3H3,(H,41,42). The van der Waals surface area contributed by atoms with Crippen LogP contribution in [-0.4, -0.2) is 69.8 Å². The van der Waals surface area contributed by atoms with Crippen LogP contribution in [0.3, 0.4) is 0 Å². The molecule has 236 valence electrons. The molecule has 2 aromatic carbocycles. The highest BCUT2D eigenvalue weighted by Crippen LogP contribution is 2.34. The minimum atomic E-state index is -1.10. The second-order valence-electron chi connectivity index (χ2n) is 11.7. The largest absolute Gasteiger partial charge is 0.492 e. The molecular weight excluding hydrogens is 568 g/mol. The molecule has 0 aliphatic carbocycles. The molecule has 1 saturated heterocycles. The normalized spacial score (nSPS) is 15.5. The van der Waals surface area contributed by atoms with Crippen LogP contribution >= 0.6 is 0 Å². The molecule has 0 amide bonds. The molecule has 1 N–H and O–H groups in total. The number of carboxylic acids is 1. The van der Waals surface area contributed by atoms with Gasteiger partial charge in [-0.15, -0.1) is 0 Å². The minimum Gasteiger partial charge on any atom is -0.492 e. The van der Waals surface area contributed by atoms with Crippen molar-refractivity contribution in [2.45, 2.75) is 65.5 Å². The van der Waals surface area contributed by atoms with Gasteiger partial charge in [0, 0.05) is 44.3 Å². The molecule has 1 fully saturated rings. The van der Waals surface area contributed by atoms with Crippen LogP contribution in [0.1, 0.15) is 64.9 Å². The molecule has 0 bridgehead atoms. The maximum atomic E-state index is 11.7. The average Bonchev–Trinajstić information content (AvgIpc) is 3.49. The van der Waals surface area contributed by atoms with Crippen LogP contribution in [0.5, 0.6) is 11.6 Å². The van der Waals surface area contributed by atoms with Gasteiger partial charge >= 0.3 is 5.97 Å². The van der Waals surface area contributed by atoms with Gasteiger partial charge in [0.25, 0.3) is 0 Å². The number of pyridine rings is 1. The Morgan fingerprint density at radius 3 is 2.67 bits per heavy atom. The van der Waals surface area contributed by atoms with E-state index in [4.69, 9.17) is 19.2 Å². The summed E-state index contributed by atoms with van der Waals surface area (Å²) < 4.78 is 19.2. The monoisotopic (exact) mass is 610 g/mol. The van der Waals surface area contributed by atoms with Crippen molar-refractivity contribution in [3.8, 4) is 28.7 Å². The van der Waals surface area contributed by atoms with E-state index in [9.17, 15) is 9.90 Å². The summed E-state index contributed by atoms with van der Waals surface area (Å²) in [4.78, 5) is 19.2. The Kier molecular flexibility index (Phi) is 9.47. The number of aromatic carboxylic acids is 1. The lowest BCUT2D eigenvalue weighted by Crippen LogP contribution is -2.42. The first-order valence-corrected chi connectivity index (χ1v) is 16.1. The van der Waals surface area contributed by atoms with Gasteiger partial charge in [-0.2, -0.15) is 9.78 Å². The van der Waals surface area contributed by atoms with E-state index < -0.39 is 5.97 Å². The first kappa shape index (κ1) is 30.8. The summed E-state index contributed by atoms with van der Waals surface area (Å²) >= 11 is 0. The maximum Gasteiger partial charge on any atom is 0.342 e. The minimum absolute atomic E-state index is 0.00564. The van der Waals surface area contributed by atoms with Crippen molar-refractivity contribution in [1.29, 1.82) is 0 Å². The SMILES string of the molecule is CCOc1c(C(=O)O)cnn1-c1cccc(-c2cccc(C)c2OCCc2ccc3c(c2CC)CCN(C2CCOCC2)C3)n1. The van der Waals surface area contributed by atoms with Crippen molar-refractivity contribution in [1.82, 2.24) is 19.7 Å². The zero-order valence-corrected chi connectivity index (χ0v) is 26.4. The quantitative estimate of drug-likeness (QED) is 0.219. The lowest BCUT2D eigenvalue weighted by atomic mass is 9.87. The van der Waals surface area contributed by atoms with Crippen molar-refractivity contribution in [2.75, 3.05) is 33.0 Å². The highest BCUT2D eigenvalue weighted by molar-refractivity contribution is 5.90. The number of carbonyl (C=O) groups is 1. The van der Waals surface area contributed by atoms with E-state index in [0.717, 1.165) is 75.3 Å². The van der Waals surface area contributed by atoms with Gasteiger partial charge in [-0.25, -0.2) is 9.78 Å². The van der Waals surface area contributed by atoms with Gasteiger partial charge in [0.2, 0.25) is 5.88 Å². The van der Waals surface area contributed by atoms with Crippen LogP contribution in [0, 0.1) is 6.92 Å². The van der Waals surface area contributed by atoms with Gasteiger partial charge in [-0.3, -0.25) is 4.90 Å². The summed E-state index contributed by atoms with van der Waals surface area (Å²) in [6, 6.07) is 16.9. The first-order chi connectivity index (χ1) is 22.0. The van der Waals surface area contributed by atoms with Crippen molar-refractivity contribution in [3.05, 3.63) is 88.1 Å². The molecule has 2 aliphatic heterocycles. The fourth-order valence-corrected chi connectivity index (χ4v) is 6.76. The molecule has 2 aliphatic rings. The van der Waals surface area contributed by atoms with Crippen molar-refractivity contribution in [2.24, 2.45) is 0 Å². The van der Waals surface area contributed by atoms with Gasteiger partial charge in [0.05, 0.1) is 25.1 Å². The number of hydrogen-bond acceptors (Lipinski definition) is 7. The second-order valence-corrected chi connectivity index (χ2v) is 11.7. The number of aryl methyl sites for hydroxylation is 1. The molecule has 2 aromatic heterocycles. The third-order valence-corrected chi connectivity index (χ3v) is 9.00. The molecule has 0 unspecified atom stereocenters. The van der Waals surface area contributed by atoms with Crippen LogP contribution in [0.2, 0.25) is 0 Å². The van der Waals surface area contributed by atoms with Crippen molar-refractivity contribution < 1.29 is 24.1 Å². The van der Waals surface area contributed by atoms with E-state index in [1.165, 1.54) is 33.1 Å². The number of para-hydroxylation sites is 1. The zero-order chi connectivity index (χ0) is 31.3. The summed E-state index contributed by atoms with van der Waals surface area (Å²) in [6.45, 7) is 10.9. The Morgan fingerprint density at radius 2 is 1.89 bits per heavy atom. The van der Waals surface area contributed by atoms with Crippen LogP contribution in [-0.2, 0) is 30.5 Å². The molecule has 4 heterocycles. The third kappa shape index (κ3) is 6.46. The molecule has 9 heteroatoms. The van der Waals surface area contributed by atoms with Crippen LogP contribution in [0.15, 0.2) is 54.7 Å². The molecule has 45 heavy (non-hydrogen) atoms. The fourth-order valence-electron chi connectivity index (χ4n) is 6.76. The predicted octanol–water partition coefficient (Wildman–Crippen LogP) is 6.06. The van der Waals surface area contributed by atoms with E-state index in [2.05, 4.69) is 29.1 Å². The van der Waals surface area contributed by atoms with Gasteiger partial charge in [-0.05, 0) is 85.5 Å². The summed E-state index contributed by atoms with van der Waals surface area (Å²) in [5, 5.41) is 13.9. The Balaban J connectivity index is 1.20. The van der Waals surface area contributed by atoms with Gasteiger partial charge < -0.3 is 19.3 Å². The lowest BCUT2D eigenvalue weighted by molar-refractivity contribution is 0.0290. The second kappa shape index (κ2) is 13.8. The van der Waals surface area contributed by atoms with Gasteiger partial charge in [0.1, 0.15) is 11.3 Å². The zero-order valence-electron chi connectivity index (χ0n) is 26.4. The van der Waals surface area contributed by atoms with E-state index >= 15 is 0 Å². The summed E-state index contributed by atoms with van der Waals surface area (Å²) in [5.74, 6) is 0.315. The molecule has 4 aromatic rings. The summed E-state index contributed by atoms with van der Waals surface area (Å²) in [7, 11) is 0. The Labute approximate surface area is 264 Å². The number of ether oxygens (including phenoxy) is 3. The number of nitrogens with zero attached hydrogens (tertiary/aromatic N) is 4. The van der Waals surface area contributed by atoms with Crippen LogP contribution in [0.4, 0.5) is 0 Å². The Morgan fingerprint density at radius 1 is 1.07 bits per heavy atom. The molecule has 0 saturated carbocycles. The maximum absolute atomic E-state index is 11.7. The smallest absolute Gasteiger partial charge is 0.342 e. The highest BCUT2D eigenvalue weighted by atomic mass is 16.5. The summed E-state index contributed by atoms with van der Waals surface area (Å²) in [5.41, 5.74) is 8.45. The molecule has 0 radical (unpaired) electrons. The molecule has 6 rings (SSSR count). The Hall–Kier alpha value is -4.21. The topological polar surface area (TPSA) is 98.9 Å². The number of rotatable bonds is 11. The highest BCUT2D eigenvalue weighted by Gasteiger charge is 2.27. The molecule has 0 atom stereocenters. The van der Waals surface area contributed by atoms with E-state index in [0.29, 0.717) is 30.8 Å². The number of benzene rings is 2. The average molecular weight is 611 g/mol. The molecule has 9 nitrogen and oxygen atoms in total. The third-order valence-electron chi connectivity index (χ3n) is 9.00. The van der Waals surface area contributed by atoms with Crippen LogP contribution < -0.4 is 9.47 Å². The molecular formula is C36H42N4O5. The first-order valence-electron chi connectivity index (χ1n) is 16.1. The lowest BCUT2D eigenvalue weighted by Gasteiger charge is -2.38. The van der Waals surface area contributed by atoms with E-state index in [1.807, 2.05) is 37.3 Å². The van der Waals surface area contributed by atoms with Crippen molar-refractivity contribution >= 4 is 5.97 Å². The predicted molar refractivity (Wildman–Crippen MR) is 173 cm³/mol. The number of carboxylic acid groups (broad SMARTS) is 1.